The Morgan fingerprint density at radius 2 is 2.00 bits per heavy atom. The number of unbranched alkanes of at least 4 members (excludes halogenated alkanes) is 3. The molecule has 0 amide bonds. The number of rotatable bonds is 10. The molecule has 0 spiro atoms. The third-order valence-electron chi connectivity index (χ3n) is 5.21. The maximum atomic E-state index is 12.3. The standard InChI is InChI=1S/C23H28N2O4/c1-4-17(26)9-7-5-6-8-10-22-24-15-21(29-22)19-13-16-11-12-25(2)23(27)18(16)14-20(19)28-3/h11-15H,4-10H2,1-3H3. The molecule has 0 aliphatic heterocycles. The van der Waals surface area contributed by atoms with Crippen LogP contribution in [0.25, 0.3) is 22.1 Å². The molecule has 0 atom stereocenters. The van der Waals surface area contributed by atoms with Crippen LogP contribution in [-0.2, 0) is 18.3 Å². The summed E-state index contributed by atoms with van der Waals surface area (Å²) in [4.78, 5) is 28.1. The minimum Gasteiger partial charge on any atom is -0.496 e. The number of oxazole rings is 1. The van der Waals surface area contributed by atoms with Crippen molar-refractivity contribution in [3.8, 4) is 17.1 Å². The van der Waals surface area contributed by atoms with Crippen molar-refractivity contribution >= 4 is 16.6 Å². The predicted octanol–water partition coefficient (Wildman–Crippen LogP) is 4.67. The molecule has 0 radical (unpaired) electrons. The lowest BCUT2D eigenvalue weighted by atomic mass is 10.1. The number of carbonyl (C=O) groups is 1. The highest BCUT2D eigenvalue weighted by molar-refractivity contribution is 5.89. The number of aryl methyl sites for hydroxylation is 2. The highest BCUT2D eigenvalue weighted by atomic mass is 16.5. The Balaban J connectivity index is 1.68. The molecule has 2 aromatic heterocycles. The zero-order chi connectivity index (χ0) is 20.8. The molecule has 0 bridgehead atoms. The van der Waals surface area contributed by atoms with Crippen LogP contribution in [0.3, 0.4) is 0 Å². The molecule has 2 heterocycles. The molecule has 0 N–H and O–H groups in total. The van der Waals surface area contributed by atoms with Gasteiger partial charge in [0.1, 0.15) is 11.5 Å². The Morgan fingerprint density at radius 1 is 1.21 bits per heavy atom. The van der Waals surface area contributed by atoms with Crippen molar-refractivity contribution in [2.24, 2.45) is 7.05 Å². The zero-order valence-electron chi connectivity index (χ0n) is 17.4. The molecule has 1 aromatic carbocycles. The summed E-state index contributed by atoms with van der Waals surface area (Å²) in [6.07, 6.45) is 9.57. The molecule has 0 unspecified atom stereocenters. The summed E-state index contributed by atoms with van der Waals surface area (Å²) < 4.78 is 13.0. The Labute approximate surface area is 170 Å². The number of Topliss-reactive ketones (excluding diaryl/α,β-unsaturated/α-hetero) is 1. The van der Waals surface area contributed by atoms with Crippen molar-refractivity contribution in [1.82, 2.24) is 9.55 Å². The lowest BCUT2D eigenvalue weighted by molar-refractivity contribution is -0.118. The number of methoxy groups -OCH3 is 1. The molecule has 6 nitrogen and oxygen atoms in total. The number of pyridine rings is 1. The third-order valence-corrected chi connectivity index (χ3v) is 5.21. The van der Waals surface area contributed by atoms with E-state index in [-0.39, 0.29) is 5.56 Å². The third kappa shape index (κ3) is 4.94. The van der Waals surface area contributed by atoms with Gasteiger partial charge in [0.05, 0.1) is 24.3 Å². The van der Waals surface area contributed by atoms with Gasteiger partial charge in [-0.2, -0.15) is 0 Å². The summed E-state index contributed by atoms with van der Waals surface area (Å²) in [5.41, 5.74) is 0.719. The van der Waals surface area contributed by atoms with Gasteiger partial charge in [-0.05, 0) is 36.4 Å². The molecular weight excluding hydrogens is 368 g/mol. The van der Waals surface area contributed by atoms with Gasteiger partial charge in [-0.25, -0.2) is 4.98 Å². The fourth-order valence-corrected chi connectivity index (χ4v) is 3.41. The van der Waals surface area contributed by atoms with Crippen LogP contribution in [0.15, 0.2) is 39.8 Å². The SMILES string of the molecule is CCC(=O)CCCCCCc1ncc(-c2cc3ccn(C)c(=O)c3cc2OC)o1. The highest BCUT2D eigenvalue weighted by Gasteiger charge is 2.14. The van der Waals surface area contributed by atoms with Gasteiger partial charge in [0, 0.05) is 32.5 Å². The average molecular weight is 396 g/mol. The number of fused-ring (bicyclic) bond motifs is 1. The van der Waals surface area contributed by atoms with Gasteiger partial charge in [-0.3, -0.25) is 9.59 Å². The van der Waals surface area contributed by atoms with Gasteiger partial charge >= 0.3 is 0 Å². The molecule has 0 aliphatic rings. The minimum absolute atomic E-state index is 0.0637. The maximum Gasteiger partial charge on any atom is 0.258 e. The van der Waals surface area contributed by atoms with Crippen LogP contribution in [-0.4, -0.2) is 22.4 Å². The molecule has 0 aliphatic carbocycles. The molecule has 29 heavy (non-hydrogen) atoms. The summed E-state index contributed by atoms with van der Waals surface area (Å²) in [7, 11) is 3.31. The van der Waals surface area contributed by atoms with E-state index < -0.39 is 0 Å². The lowest BCUT2D eigenvalue weighted by Gasteiger charge is -2.09. The fraction of sp³-hybridized carbons (Fsp3) is 0.435. The van der Waals surface area contributed by atoms with E-state index in [9.17, 15) is 9.59 Å². The molecule has 0 saturated carbocycles. The Bertz CT molecular complexity index is 1050. The number of nitrogens with zero attached hydrogens (tertiary/aromatic N) is 2. The summed E-state index contributed by atoms with van der Waals surface area (Å²) in [6.45, 7) is 1.91. The van der Waals surface area contributed by atoms with Crippen LogP contribution in [0.4, 0.5) is 0 Å². The molecule has 3 rings (SSSR count). The van der Waals surface area contributed by atoms with Crippen LogP contribution in [0.2, 0.25) is 0 Å². The first-order valence-electron chi connectivity index (χ1n) is 10.2. The van der Waals surface area contributed by atoms with E-state index >= 15 is 0 Å². The van der Waals surface area contributed by atoms with Crippen molar-refractivity contribution in [3.05, 3.63) is 46.8 Å². The number of hydrogen-bond donors (Lipinski definition) is 0. The van der Waals surface area contributed by atoms with E-state index in [4.69, 9.17) is 9.15 Å². The Hall–Kier alpha value is -2.89. The van der Waals surface area contributed by atoms with Crippen LogP contribution in [0.1, 0.15) is 51.3 Å². The lowest BCUT2D eigenvalue weighted by Crippen LogP contribution is -2.15. The molecule has 6 heteroatoms. The Morgan fingerprint density at radius 3 is 2.76 bits per heavy atom. The zero-order valence-corrected chi connectivity index (χ0v) is 17.4. The summed E-state index contributed by atoms with van der Waals surface area (Å²) in [5, 5.41) is 1.44. The number of aromatic nitrogens is 2. The van der Waals surface area contributed by atoms with Crippen molar-refractivity contribution in [2.45, 2.75) is 51.9 Å². The second kappa shape index (κ2) is 9.54. The number of benzene rings is 1. The van der Waals surface area contributed by atoms with Crippen molar-refractivity contribution in [2.75, 3.05) is 7.11 Å². The minimum atomic E-state index is -0.0637. The van der Waals surface area contributed by atoms with Gasteiger partial charge in [-0.15, -0.1) is 0 Å². The predicted molar refractivity (Wildman–Crippen MR) is 113 cm³/mol. The van der Waals surface area contributed by atoms with Gasteiger partial charge < -0.3 is 13.7 Å². The van der Waals surface area contributed by atoms with Crippen molar-refractivity contribution in [1.29, 1.82) is 0 Å². The molecule has 0 saturated heterocycles. The van der Waals surface area contributed by atoms with E-state index in [0.29, 0.717) is 41.4 Å². The van der Waals surface area contributed by atoms with Crippen LogP contribution in [0.5, 0.6) is 5.75 Å². The average Bonchev–Trinajstić information content (AvgIpc) is 3.21. The van der Waals surface area contributed by atoms with E-state index in [1.807, 2.05) is 19.1 Å². The van der Waals surface area contributed by atoms with E-state index in [0.717, 1.165) is 43.1 Å². The number of hydrogen-bond acceptors (Lipinski definition) is 5. The maximum absolute atomic E-state index is 12.3. The second-order valence-electron chi connectivity index (χ2n) is 7.30. The summed E-state index contributed by atoms with van der Waals surface area (Å²) in [5.74, 6) is 2.25. The molecular formula is C23H28N2O4. The number of ketones is 1. The smallest absolute Gasteiger partial charge is 0.258 e. The van der Waals surface area contributed by atoms with E-state index in [1.165, 1.54) is 0 Å². The quantitative estimate of drug-likeness (QED) is 0.465. The van der Waals surface area contributed by atoms with Crippen molar-refractivity contribution < 1.29 is 13.9 Å². The van der Waals surface area contributed by atoms with Gasteiger partial charge in [0.2, 0.25) is 0 Å². The Kier molecular flexibility index (Phi) is 6.86. The summed E-state index contributed by atoms with van der Waals surface area (Å²) >= 11 is 0. The van der Waals surface area contributed by atoms with Gasteiger partial charge in [-0.1, -0.05) is 19.8 Å². The second-order valence-corrected chi connectivity index (χ2v) is 7.30. The summed E-state index contributed by atoms with van der Waals surface area (Å²) in [6, 6.07) is 5.57. The topological polar surface area (TPSA) is 74.3 Å². The first kappa shape index (κ1) is 20.8. The van der Waals surface area contributed by atoms with Crippen molar-refractivity contribution in [3.63, 3.8) is 0 Å². The molecule has 154 valence electrons. The van der Waals surface area contributed by atoms with E-state index in [2.05, 4.69) is 4.98 Å². The molecule has 0 fully saturated rings. The van der Waals surface area contributed by atoms with Crippen LogP contribution in [0, 0.1) is 0 Å². The number of ether oxygens (including phenoxy) is 1. The molecule has 3 aromatic rings. The number of carbonyl (C=O) groups excluding carboxylic acids is 1. The normalized spacial score (nSPS) is 11.1. The van der Waals surface area contributed by atoms with E-state index in [1.54, 1.807) is 37.2 Å². The fourth-order valence-electron chi connectivity index (χ4n) is 3.41. The monoisotopic (exact) mass is 396 g/mol. The van der Waals surface area contributed by atoms with Gasteiger partial charge in [0.15, 0.2) is 11.7 Å². The van der Waals surface area contributed by atoms with Crippen LogP contribution < -0.4 is 10.3 Å². The highest BCUT2D eigenvalue weighted by Crippen LogP contribution is 2.33. The first-order valence-corrected chi connectivity index (χ1v) is 10.2. The van der Waals surface area contributed by atoms with Gasteiger partial charge in [0.25, 0.3) is 5.56 Å². The first-order chi connectivity index (χ1) is 14.0. The van der Waals surface area contributed by atoms with Crippen LogP contribution >= 0.6 is 0 Å². The largest absolute Gasteiger partial charge is 0.496 e.